The Morgan fingerprint density at radius 1 is 1.24 bits per heavy atom. The van der Waals surface area contributed by atoms with Crippen LogP contribution in [-0.4, -0.2) is 7.11 Å². The number of methoxy groups -OCH3 is 1. The largest absolute Gasteiger partial charge is 0.497 e. The maximum atomic E-state index is 5.25. The van der Waals surface area contributed by atoms with Gasteiger partial charge in [-0.15, -0.1) is 0 Å². The van der Waals surface area contributed by atoms with Crippen LogP contribution in [0, 0.1) is 6.92 Å². The molecule has 1 atom stereocenters. The van der Waals surface area contributed by atoms with Crippen molar-refractivity contribution in [2.24, 2.45) is 0 Å². The lowest BCUT2D eigenvalue weighted by Crippen LogP contribution is -1.96. The van der Waals surface area contributed by atoms with Crippen molar-refractivity contribution in [1.82, 2.24) is 0 Å². The molecule has 0 saturated heterocycles. The molecule has 0 N–H and O–H groups in total. The maximum absolute atomic E-state index is 5.25. The molecule has 0 aliphatic rings. The molecular formula is C13H12Br2O2. The summed E-state index contributed by atoms with van der Waals surface area (Å²) in [7, 11) is 1.67. The van der Waals surface area contributed by atoms with E-state index in [0.29, 0.717) is 0 Å². The van der Waals surface area contributed by atoms with E-state index < -0.39 is 0 Å². The van der Waals surface area contributed by atoms with Gasteiger partial charge in [0.2, 0.25) is 0 Å². The molecule has 4 heteroatoms. The van der Waals surface area contributed by atoms with Gasteiger partial charge in [0.05, 0.1) is 18.2 Å². The van der Waals surface area contributed by atoms with Crippen molar-refractivity contribution in [3.63, 3.8) is 0 Å². The third-order valence-electron chi connectivity index (χ3n) is 2.67. The fraction of sp³-hybridized carbons (Fsp3) is 0.231. The van der Waals surface area contributed by atoms with Crippen LogP contribution in [0.15, 0.2) is 39.6 Å². The predicted molar refractivity (Wildman–Crippen MR) is 74.9 cm³/mol. The van der Waals surface area contributed by atoms with Crippen LogP contribution in [0.3, 0.4) is 0 Å². The fourth-order valence-corrected chi connectivity index (χ4v) is 3.36. The molecule has 2 nitrogen and oxygen atoms in total. The number of halogens is 2. The van der Waals surface area contributed by atoms with Crippen molar-refractivity contribution in [2.75, 3.05) is 7.11 Å². The molecule has 17 heavy (non-hydrogen) atoms. The second-order valence-electron chi connectivity index (χ2n) is 3.73. The van der Waals surface area contributed by atoms with Gasteiger partial charge in [0, 0.05) is 5.56 Å². The molecule has 1 heterocycles. The highest BCUT2D eigenvalue weighted by Crippen LogP contribution is 2.38. The van der Waals surface area contributed by atoms with Gasteiger partial charge in [0.25, 0.3) is 0 Å². The van der Waals surface area contributed by atoms with E-state index in [9.17, 15) is 0 Å². The first-order chi connectivity index (χ1) is 8.13. The summed E-state index contributed by atoms with van der Waals surface area (Å²) in [5, 5.41) is 0. The Bertz CT molecular complexity index is 520. The second kappa shape index (κ2) is 5.27. The van der Waals surface area contributed by atoms with Crippen molar-refractivity contribution in [1.29, 1.82) is 0 Å². The summed E-state index contributed by atoms with van der Waals surface area (Å²) in [5.41, 5.74) is 3.46. The zero-order valence-corrected chi connectivity index (χ0v) is 12.7. The first-order valence-electron chi connectivity index (χ1n) is 5.15. The van der Waals surface area contributed by atoms with E-state index in [2.05, 4.69) is 44.8 Å². The van der Waals surface area contributed by atoms with Crippen LogP contribution in [0.2, 0.25) is 0 Å². The Balaban J connectivity index is 2.38. The standard InChI is InChI=1S/C13H12Br2O2/c1-8-7-9(16-2)3-4-10(8)12(14)11-5-6-17-13(11)15/h3-7,12H,1-2H3. The first-order valence-corrected chi connectivity index (χ1v) is 6.86. The summed E-state index contributed by atoms with van der Waals surface area (Å²) in [6.07, 6.45) is 1.67. The minimum absolute atomic E-state index is 0.113. The fourth-order valence-electron chi connectivity index (χ4n) is 1.71. The lowest BCUT2D eigenvalue weighted by atomic mass is 10.0. The summed E-state index contributed by atoms with van der Waals surface area (Å²) < 4.78 is 11.2. The molecule has 2 aromatic rings. The first kappa shape index (κ1) is 12.7. The van der Waals surface area contributed by atoms with E-state index in [1.807, 2.05) is 18.2 Å². The molecular weight excluding hydrogens is 348 g/mol. The van der Waals surface area contributed by atoms with Gasteiger partial charge in [-0.05, 0) is 52.2 Å². The molecule has 0 aliphatic heterocycles. The van der Waals surface area contributed by atoms with E-state index in [1.165, 1.54) is 11.1 Å². The van der Waals surface area contributed by atoms with Crippen LogP contribution in [-0.2, 0) is 0 Å². The highest BCUT2D eigenvalue weighted by Gasteiger charge is 2.17. The zero-order chi connectivity index (χ0) is 12.4. The predicted octanol–water partition coefficient (Wildman–Crippen LogP) is 4.84. The van der Waals surface area contributed by atoms with Crippen LogP contribution in [0.4, 0.5) is 0 Å². The average Bonchev–Trinajstić information content (AvgIpc) is 2.74. The van der Waals surface area contributed by atoms with Gasteiger partial charge in [-0.25, -0.2) is 0 Å². The molecule has 0 radical (unpaired) electrons. The lowest BCUT2D eigenvalue weighted by Gasteiger charge is -2.13. The number of alkyl halides is 1. The number of furan rings is 1. The summed E-state index contributed by atoms with van der Waals surface area (Å²) in [4.78, 5) is 0.113. The average molecular weight is 360 g/mol. The SMILES string of the molecule is COc1ccc(C(Br)c2ccoc2Br)c(C)c1. The molecule has 0 spiro atoms. The number of hydrogen-bond acceptors (Lipinski definition) is 2. The van der Waals surface area contributed by atoms with Gasteiger partial charge in [-0.2, -0.15) is 0 Å². The molecule has 0 fully saturated rings. The molecule has 1 aromatic heterocycles. The molecule has 2 rings (SSSR count). The molecule has 1 unspecified atom stereocenters. The number of hydrogen-bond donors (Lipinski definition) is 0. The Hall–Kier alpha value is -0.740. The third kappa shape index (κ3) is 2.58. The number of benzene rings is 1. The number of ether oxygens (including phenoxy) is 1. The van der Waals surface area contributed by atoms with Crippen molar-refractivity contribution in [2.45, 2.75) is 11.8 Å². The Morgan fingerprint density at radius 2 is 2.00 bits per heavy atom. The maximum Gasteiger partial charge on any atom is 0.173 e. The molecule has 0 bridgehead atoms. The summed E-state index contributed by atoms with van der Waals surface area (Å²) >= 11 is 7.09. The molecule has 0 amide bonds. The van der Waals surface area contributed by atoms with Crippen molar-refractivity contribution in [3.05, 3.63) is 51.9 Å². The van der Waals surface area contributed by atoms with Crippen LogP contribution in [0.25, 0.3) is 0 Å². The Kier molecular flexibility index (Phi) is 3.94. The van der Waals surface area contributed by atoms with E-state index in [-0.39, 0.29) is 4.83 Å². The number of rotatable bonds is 3. The van der Waals surface area contributed by atoms with E-state index >= 15 is 0 Å². The van der Waals surface area contributed by atoms with Crippen molar-refractivity contribution in [3.8, 4) is 5.75 Å². The van der Waals surface area contributed by atoms with E-state index in [0.717, 1.165) is 16.0 Å². The lowest BCUT2D eigenvalue weighted by molar-refractivity contribution is 0.414. The minimum atomic E-state index is 0.113. The van der Waals surface area contributed by atoms with Crippen molar-refractivity contribution < 1.29 is 9.15 Å². The Morgan fingerprint density at radius 3 is 2.53 bits per heavy atom. The summed E-state index contributed by atoms with van der Waals surface area (Å²) in [6.45, 7) is 2.07. The highest BCUT2D eigenvalue weighted by molar-refractivity contribution is 9.10. The summed E-state index contributed by atoms with van der Waals surface area (Å²) in [6, 6.07) is 8.00. The van der Waals surface area contributed by atoms with Gasteiger partial charge in [0.1, 0.15) is 5.75 Å². The van der Waals surface area contributed by atoms with Crippen LogP contribution >= 0.6 is 31.9 Å². The normalized spacial score (nSPS) is 12.5. The van der Waals surface area contributed by atoms with E-state index in [4.69, 9.17) is 9.15 Å². The number of aryl methyl sites for hydroxylation is 1. The minimum Gasteiger partial charge on any atom is -0.497 e. The zero-order valence-electron chi connectivity index (χ0n) is 9.54. The summed E-state index contributed by atoms with van der Waals surface area (Å²) in [5.74, 6) is 0.872. The molecule has 0 saturated carbocycles. The molecule has 90 valence electrons. The molecule has 1 aromatic carbocycles. The monoisotopic (exact) mass is 358 g/mol. The van der Waals surface area contributed by atoms with Crippen LogP contribution in [0.5, 0.6) is 5.75 Å². The van der Waals surface area contributed by atoms with Gasteiger partial charge in [0.15, 0.2) is 4.67 Å². The highest BCUT2D eigenvalue weighted by atomic mass is 79.9. The van der Waals surface area contributed by atoms with Gasteiger partial charge in [-0.3, -0.25) is 0 Å². The smallest absolute Gasteiger partial charge is 0.173 e. The van der Waals surface area contributed by atoms with Crippen LogP contribution in [0.1, 0.15) is 21.5 Å². The van der Waals surface area contributed by atoms with Gasteiger partial charge >= 0.3 is 0 Å². The Labute approximate surface area is 117 Å². The van der Waals surface area contributed by atoms with Gasteiger partial charge in [-0.1, -0.05) is 22.0 Å². The topological polar surface area (TPSA) is 22.4 Å². The van der Waals surface area contributed by atoms with Gasteiger partial charge < -0.3 is 9.15 Å². The van der Waals surface area contributed by atoms with E-state index in [1.54, 1.807) is 13.4 Å². The third-order valence-corrected chi connectivity index (χ3v) is 4.30. The van der Waals surface area contributed by atoms with Crippen molar-refractivity contribution >= 4 is 31.9 Å². The quantitative estimate of drug-likeness (QED) is 0.731. The molecule has 0 aliphatic carbocycles. The van der Waals surface area contributed by atoms with Crippen LogP contribution < -0.4 is 4.74 Å². The second-order valence-corrected chi connectivity index (χ2v) is 5.37.